The van der Waals surface area contributed by atoms with Crippen molar-refractivity contribution >= 4 is 0 Å². The number of nitriles is 12. The maximum absolute atomic E-state index is 8.59. The molecule has 0 aliphatic heterocycles. The predicted molar refractivity (Wildman–Crippen MR) is 67.4 cm³/mol. The first kappa shape index (κ1) is 36.7. The molecule has 0 bridgehead atoms. The van der Waals surface area contributed by atoms with Crippen LogP contribution in [0.2, 0.25) is 0 Å². The van der Waals surface area contributed by atoms with Crippen LogP contribution in [0.25, 0.3) is 0 Å². The minimum Gasteiger partial charge on any atom is 2.00 e. The largest absolute Gasteiger partial charge is 2.00 e. The molecule has 0 aliphatic carbocycles. The molecule has 0 heterocycles. The molecule has 0 amide bonds. The van der Waals surface area contributed by atoms with Crippen LogP contribution in [0.5, 0.6) is 0 Å². The second-order valence-electron chi connectivity index (χ2n) is 4.16. The van der Waals surface area contributed by atoms with Gasteiger partial charge >= 0.3 is 203 Å². The molecule has 29 heavy (non-hydrogen) atoms. The number of hydrogen-bond donors (Lipinski definition) is 0. The Morgan fingerprint density at radius 2 is 0.310 bits per heavy atom. The summed E-state index contributed by atoms with van der Waals surface area (Å²) in [4.78, 5) is 12.6. The molecule has 17 heteroatoms. The van der Waals surface area contributed by atoms with Crippen LogP contribution in [-0.4, -0.2) is 0 Å². The summed E-state index contributed by atoms with van der Waals surface area (Å²) in [5.74, 6) is 0. The van der Waals surface area contributed by atoms with Crippen molar-refractivity contribution in [3.8, 4) is 59.2 Å². The molecule has 0 spiro atoms. The van der Waals surface area contributed by atoms with Crippen LogP contribution in [0, 0.1) is 122 Å². The fourth-order valence-electron chi connectivity index (χ4n) is 0.612. The number of hydrogen-bond acceptors (Lipinski definition) is 12. The Morgan fingerprint density at radius 3 is 0.310 bits per heavy atom. The SMILES string of the molecule is N#[C][Cr-3]([C]#N)([C]#N)([C]#N)([C]#N)[C]#N.N#[C][Cr-3]([C]#N)([C]#N)([C]#N)([C]#N)[C]#N.[Zn+2].[Zn+2].[Zn+2]. The van der Waals surface area contributed by atoms with E-state index < -0.39 is 21.9 Å². The summed E-state index contributed by atoms with van der Waals surface area (Å²) >= 11 is 0. The summed E-state index contributed by atoms with van der Waals surface area (Å²) < 4.78 is 0. The normalized spacial score (nSPS) is 12.0. The molecule has 0 N–H and O–H groups in total. The predicted octanol–water partition coefficient (Wildman–Crippen LogP) is 0.189. The van der Waals surface area contributed by atoms with E-state index in [2.05, 4.69) is 0 Å². The van der Waals surface area contributed by atoms with Crippen LogP contribution >= 0.6 is 0 Å². The van der Waals surface area contributed by atoms with E-state index in [0.29, 0.717) is 0 Å². The van der Waals surface area contributed by atoms with Crippen LogP contribution in [0.1, 0.15) is 0 Å². The van der Waals surface area contributed by atoms with E-state index in [0.717, 1.165) is 59.2 Å². The zero-order valence-electron chi connectivity index (χ0n) is 14.3. The quantitative estimate of drug-likeness (QED) is 0.331. The third-order valence-electron chi connectivity index (χ3n) is 2.74. The van der Waals surface area contributed by atoms with Crippen molar-refractivity contribution in [1.82, 2.24) is 0 Å². The molecule has 0 fully saturated rings. The Labute approximate surface area is 200 Å². The summed E-state index contributed by atoms with van der Waals surface area (Å²) in [6.07, 6.45) is 0. The van der Waals surface area contributed by atoms with Gasteiger partial charge in [0.25, 0.3) is 0 Å². The Balaban J connectivity index is -0.000000120. The third kappa shape index (κ3) is 4.00. The summed E-state index contributed by atoms with van der Waals surface area (Å²) in [5.41, 5.74) is 0. The van der Waals surface area contributed by atoms with Gasteiger partial charge in [-0.05, 0) is 0 Å². The Morgan fingerprint density at radius 1 is 0.241 bits per heavy atom. The summed E-state index contributed by atoms with van der Waals surface area (Å²) in [5, 5.41) is 103. The Kier molecular flexibility index (Phi) is 11.8. The van der Waals surface area contributed by atoms with Crippen molar-refractivity contribution in [3.63, 3.8) is 0 Å². The zero-order valence-corrected chi connectivity index (χ0v) is 25.8. The van der Waals surface area contributed by atoms with Gasteiger partial charge in [0.05, 0.1) is 0 Å². The van der Waals surface area contributed by atoms with E-state index in [1.807, 2.05) is 0 Å². The zero-order chi connectivity index (χ0) is 21.3. The van der Waals surface area contributed by atoms with E-state index >= 15 is 0 Å². The third-order valence-corrected chi connectivity index (χ3v) is 11.3. The molecule has 0 aromatic rings. The van der Waals surface area contributed by atoms with Crippen molar-refractivity contribution in [2.75, 3.05) is 0 Å². The van der Waals surface area contributed by atoms with Crippen LogP contribution in [0.3, 0.4) is 0 Å². The molecule has 0 atom stereocenters. The van der Waals surface area contributed by atoms with E-state index in [4.69, 9.17) is 63.1 Å². The molecule has 12 nitrogen and oxygen atoms in total. The van der Waals surface area contributed by atoms with Crippen molar-refractivity contribution in [2.45, 2.75) is 0 Å². The fraction of sp³-hybridized carbons (Fsp3) is 0. The first-order valence-corrected chi connectivity index (χ1v) is 12.8. The molecule has 0 aliphatic rings. The molecule has 0 aromatic carbocycles. The van der Waals surface area contributed by atoms with Gasteiger partial charge in [0, 0.05) is 0 Å². The van der Waals surface area contributed by atoms with Crippen molar-refractivity contribution in [2.24, 2.45) is 0 Å². The maximum Gasteiger partial charge on any atom is 2.00 e. The average molecular weight is 612 g/mol. The summed E-state index contributed by atoms with van der Waals surface area (Å²) in [6.45, 7) is 0. The molecule has 0 radical (unpaired) electrons. The standard InChI is InChI=1S/12CN.2Cr.3Zn/c12*1-2;;;;;/q;;;;;;;;;;;;2*-3;3*+2. The topological polar surface area (TPSA) is 285 Å². The second-order valence-corrected chi connectivity index (χ2v) is 17.1. The molecule has 0 saturated heterocycles. The smallest absolute Gasteiger partial charge is 2.00 e. The number of nitrogens with zero attached hydrogens (tertiary/aromatic N) is 12. The van der Waals surface area contributed by atoms with Gasteiger partial charge in [-0.15, -0.1) is 0 Å². The van der Waals surface area contributed by atoms with Crippen LogP contribution in [0.4, 0.5) is 0 Å². The van der Waals surface area contributed by atoms with Gasteiger partial charge < -0.3 is 0 Å². The molecule has 0 saturated carbocycles. The van der Waals surface area contributed by atoms with Gasteiger partial charge in [-0.1, -0.05) is 0 Å². The number of rotatable bonds is 0. The Bertz CT molecular complexity index is 890. The second kappa shape index (κ2) is 9.34. The van der Waals surface area contributed by atoms with Crippen molar-refractivity contribution in [3.05, 3.63) is 0 Å². The van der Waals surface area contributed by atoms with Crippen LogP contribution in [-0.2, 0) is 80.3 Å². The van der Waals surface area contributed by atoms with Crippen LogP contribution in [0.15, 0.2) is 0 Å². The van der Waals surface area contributed by atoms with Gasteiger partial charge in [-0.2, -0.15) is 0 Å². The summed E-state index contributed by atoms with van der Waals surface area (Å²) in [6, 6.07) is 0. The van der Waals surface area contributed by atoms with E-state index in [-0.39, 0.29) is 58.4 Å². The average Bonchev–Trinajstić information content (AvgIpc) is 2.77. The minimum atomic E-state index is -6.43. The monoisotopic (exact) mass is 608 g/mol. The minimum absolute atomic E-state index is 0. The molecule has 0 rings (SSSR count). The van der Waals surface area contributed by atoms with E-state index in [1.54, 1.807) is 0 Å². The molecule has 126 valence electrons. The van der Waals surface area contributed by atoms with E-state index in [1.165, 1.54) is 0 Å². The van der Waals surface area contributed by atoms with Gasteiger partial charge in [0.2, 0.25) is 0 Å². The molecular weight excluding hydrogens is 612 g/mol. The van der Waals surface area contributed by atoms with Crippen LogP contribution < -0.4 is 0 Å². The molecule has 0 unspecified atom stereocenters. The summed E-state index contributed by atoms with van der Waals surface area (Å²) in [7, 11) is -12.9. The van der Waals surface area contributed by atoms with Gasteiger partial charge in [-0.3, -0.25) is 0 Å². The fourth-order valence-corrected chi connectivity index (χ4v) is 2.52. The first-order chi connectivity index (χ1) is 11.9. The van der Waals surface area contributed by atoms with Gasteiger partial charge in [0.15, 0.2) is 0 Å². The first-order valence-electron chi connectivity index (χ1n) is 5.13. The van der Waals surface area contributed by atoms with Crippen molar-refractivity contribution < 1.29 is 80.3 Å². The van der Waals surface area contributed by atoms with Gasteiger partial charge in [-0.25, -0.2) is 0 Å². The van der Waals surface area contributed by atoms with Crippen molar-refractivity contribution in [1.29, 1.82) is 63.1 Å². The maximum atomic E-state index is 8.59. The van der Waals surface area contributed by atoms with Gasteiger partial charge in [0.1, 0.15) is 0 Å². The van der Waals surface area contributed by atoms with E-state index in [9.17, 15) is 0 Å². The molecular formula is C12Cr2N12Zn3. The Hall–Kier alpha value is -3.18. The molecule has 0 aromatic heterocycles.